The number of amides is 8. The van der Waals surface area contributed by atoms with Gasteiger partial charge >= 0.3 is 0 Å². The maximum Gasteiger partial charge on any atom is 0.246 e. The molecule has 0 unspecified atom stereocenters. The quantitative estimate of drug-likeness (QED) is 0.0225. The topological polar surface area (TPSA) is 570 Å². The number of phenolic OH excluding ortho intramolecular Hbond substituents is 1. The zero-order valence-electron chi connectivity index (χ0n) is 76.8. The summed E-state index contributed by atoms with van der Waals surface area (Å²) in [4.78, 5) is 228. The van der Waals surface area contributed by atoms with Crippen LogP contribution < -0.4 is 86.1 Å². The largest absolute Gasteiger partial charge is 0.508 e. The maximum atomic E-state index is 15.1. The lowest BCUT2D eigenvalue weighted by molar-refractivity contribution is -0.137. The predicted octanol–water partition coefficient (Wildman–Crippen LogP) is 1.29. The third-order valence-corrected chi connectivity index (χ3v) is 23.1. The highest BCUT2D eigenvalue weighted by Gasteiger charge is 2.42. The summed E-state index contributed by atoms with van der Waals surface area (Å²) in [6, 6.07) is 7.37. The Balaban J connectivity index is 1.54. The number of carbonyl (C=O) groups is 16. The van der Waals surface area contributed by atoms with Crippen LogP contribution in [-0.4, -0.2) is 249 Å². The molecule has 0 radical (unpaired) electrons. The summed E-state index contributed by atoms with van der Waals surface area (Å²) >= 11 is 0. The van der Waals surface area contributed by atoms with Crippen molar-refractivity contribution < 1.29 is 92.0 Å². The summed E-state index contributed by atoms with van der Waals surface area (Å²) in [7, 11) is 0. The zero-order valence-corrected chi connectivity index (χ0v) is 76.8. The third-order valence-electron chi connectivity index (χ3n) is 23.1. The van der Waals surface area contributed by atoms with Crippen molar-refractivity contribution in [3.8, 4) is 5.75 Å². The molecule has 0 aliphatic carbocycles. The number of Topliss-reactive ketones (excluding diaryl/α,β-unsaturated/α-hetero) is 8. The van der Waals surface area contributed by atoms with Crippen LogP contribution in [0.4, 0.5) is 0 Å². The molecule has 36 heteroatoms. The van der Waals surface area contributed by atoms with E-state index < -0.39 is 211 Å². The van der Waals surface area contributed by atoms with Crippen LogP contribution >= 0.6 is 0 Å². The number of hydrazine groups is 1. The fourth-order valence-electron chi connectivity index (χ4n) is 14.6. The van der Waals surface area contributed by atoms with Gasteiger partial charge in [0.15, 0.2) is 46.3 Å². The average molecular weight is 1800 g/mol. The first-order valence-corrected chi connectivity index (χ1v) is 44.9. The van der Waals surface area contributed by atoms with Gasteiger partial charge in [-0.15, -0.1) is 0 Å². The molecule has 4 aromatic rings. The number of aliphatic hydroxyl groups excluding tert-OH is 2. The summed E-state index contributed by atoms with van der Waals surface area (Å²) in [5.74, 6) is -10.7. The van der Waals surface area contributed by atoms with E-state index >= 15 is 14.4 Å². The highest BCUT2D eigenvalue weighted by atomic mass is 16.3. The molecule has 712 valence electrons. The van der Waals surface area contributed by atoms with E-state index in [0.717, 1.165) is 10.9 Å². The van der Waals surface area contributed by atoms with Gasteiger partial charge in [0.25, 0.3) is 0 Å². The van der Waals surface area contributed by atoms with Crippen molar-refractivity contribution in [2.24, 2.45) is 23.3 Å². The SMILES string of the molecule is CC(=O)N[C@@H](CC(C)C)C(=O)N[C@H](C(=O)N[C@@H](Cc1ccccc1)C(=O)N[C@]1(C)CCCCCC/C=C/CCC[C@@](C)(C(=O)N[C@@H](CO)C(=O)CN[C@@H](C)C(=O)CCN[C@@H](C)C(=O)CN)NC(=O)[C@H](CCC(C)C)NN[C@@H](CCC(N)=O)C(=O)CC(=O)[C@H](C)NCC(=O)[C@H](Cc2c[nH]c3ccccc23)NC(=O)[C@H](Cc2ccc(O)cc2)NCC(=O)[C@H](C)NCC1=O)[C@@H](C)O. The number of nitrogens with two attached hydrogens (primary N) is 2. The van der Waals surface area contributed by atoms with Crippen LogP contribution in [0.25, 0.3) is 10.9 Å². The normalized spacial score (nSPS) is 22.8. The van der Waals surface area contributed by atoms with Crippen molar-refractivity contribution in [3.05, 3.63) is 114 Å². The molecule has 1 aliphatic rings. The van der Waals surface area contributed by atoms with Crippen LogP contribution in [0.15, 0.2) is 97.2 Å². The molecule has 15 atom stereocenters. The van der Waals surface area contributed by atoms with Crippen LogP contribution in [0.3, 0.4) is 0 Å². The monoisotopic (exact) mass is 1800 g/mol. The number of allylic oxidation sites excluding steroid dienone is 2. The number of benzene rings is 3. The fourth-order valence-corrected chi connectivity index (χ4v) is 14.6. The number of nitrogens with one attached hydrogen (secondary N) is 15. The number of para-hydroxylation sites is 1. The van der Waals surface area contributed by atoms with Crippen LogP contribution in [0.1, 0.15) is 203 Å². The maximum absolute atomic E-state index is 15.1. The minimum absolute atomic E-state index is 0.00723. The van der Waals surface area contributed by atoms with E-state index in [-0.39, 0.29) is 113 Å². The van der Waals surface area contributed by atoms with Crippen molar-refractivity contribution in [3.63, 3.8) is 0 Å². The van der Waals surface area contributed by atoms with E-state index in [1.807, 2.05) is 58.0 Å². The van der Waals surface area contributed by atoms with Gasteiger partial charge in [-0.05, 0) is 166 Å². The lowest BCUT2D eigenvalue weighted by Crippen LogP contribution is -2.64. The Labute approximate surface area is 756 Å². The first-order valence-electron chi connectivity index (χ1n) is 44.9. The minimum Gasteiger partial charge on any atom is -0.508 e. The first kappa shape index (κ1) is 109. The summed E-state index contributed by atoms with van der Waals surface area (Å²) < 4.78 is 0. The number of aliphatic hydroxyl groups is 2. The van der Waals surface area contributed by atoms with E-state index in [9.17, 15) is 77.6 Å². The van der Waals surface area contributed by atoms with Gasteiger partial charge in [0.2, 0.25) is 47.3 Å². The van der Waals surface area contributed by atoms with E-state index in [1.54, 1.807) is 61.7 Å². The zero-order chi connectivity index (χ0) is 95.7. The van der Waals surface area contributed by atoms with E-state index in [4.69, 9.17) is 11.5 Å². The molecule has 0 saturated heterocycles. The molecule has 129 heavy (non-hydrogen) atoms. The van der Waals surface area contributed by atoms with Crippen LogP contribution in [-0.2, 0) is 96.0 Å². The Morgan fingerprint density at radius 1 is 0.574 bits per heavy atom. The van der Waals surface area contributed by atoms with E-state index in [0.29, 0.717) is 61.6 Å². The van der Waals surface area contributed by atoms with Crippen molar-refractivity contribution in [2.45, 2.75) is 295 Å². The van der Waals surface area contributed by atoms with Crippen molar-refractivity contribution in [1.82, 2.24) is 79.6 Å². The number of hydrogen-bond acceptors (Lipinski definition) is 27. The van der Waals surface area contributed by atoms with Crippen LogP contribution in [0.5, 0.6) is 5.75 Å². The summed E-state index contributed by atoms with van der Waals surface area (Å²) in [5.41, 5.74) is 15.8. The molecule has 5 rings (SSSR count). The number of carbonyl (C=O) groups excluding carboxylic acids is 16. The third kappa shape index (κ3) is 38.2. The molecule has 2 heterocycles. The van der Waals surface area contributed by atoms with Gasteiger partial charge in [-0.3, -0.25) is 82.0 Å². The summed E-state index contributed by atoms with van der Waals surface area (Å²) in [6.07, 6.45) is 6.41. The van der Waals surface area contributed by atoms with Gasteiger partial charge in [-0.1, -0.05) is 120 Å². The molecule has 1 aromatic heterocycles. The molecule has 22 N–H and O–H groups in total. The fraction of sp³-hybridized carbons (Fsp3) is 0.591. The highest BCUT2D eigenvalue weighted by molar-refractivity contribution is 6.04. The summed E-state index contributed by atoms with van der Waals surface area (Å²) in [6.45, 7) is 16.2. The minimum atomic E-state index is -1.82. The second kappa shape index (κ2) is 55.5. The number of H-pyrrole nitrogens is 1. The highest BCUT2D eigenvalue weighted by Crippen LogP contribution is 2.24. The molecule has 36 nitrogen and oxygen atoms in total. The van der Waals surface area contributed by atoms with Gasteiger partial charge in [-0.25, -0.2) is 10.9 Å². The average Bonchev–Trinajstić information content (AvgIpc) is 1.79. The second-order valence-corrected chi connectivity index (χ2v) is 35.1. The van der Waals surface area contributed by atoms with Gasteiger partial charge in [0.05, 0.1) is 106 Å². The molecule has 3 aromatic carbocycles. The number of fused-ring (bicyclic) bond motifs is 1. The van der Waals surface area contributed by atoms with E-state index in [1.165, 1.54) is 60.6 Å². The number of primary amides is 1. The number of phenols is 1. The molecule has 0 spiro atoms. The Hall–Kier alpha value is -10.5. The molecule has 0 fully saturated rings. The number of aromatic amines is 1. The smallest absolute Gasteiger partial charge is 0.246 e. The second-order valence-electron chi connectivity index (χ2n) is 35.1. The lowest BCUT2D eigenvalue weighted by atomic mass is 9.88. The number of aromatic nitrogens is 1. The van der Waals surface area contributed by atoms with E-state index in [2.05, 4.69) is 79.6 Å². The van der Waals surface area contributed by atoms with Crippen molar-refractivity contribution >= 4 is 104 Å². The van der Waals surface area contributed by atoms with Crippen molar-refractivity contribution in [2.75, 3.05) is 45.9 Å². The first-order chi connectivity index (χ1) is 61.1. The molecule has 0 saturated carbocycles. The van der Waals surface area contributed by atoms with Crippen LogP contribution in [0.2, 0.25) is 0 Å². The number of ketones is 8. The standard InChI is InChI=1S/C93H141N17O19/c1-55(2)31-36-70-88(126)108-93(12,91(129)105-75(54-111)82(121)52-97-57(5)76(115)39-42-96-59(7)79(118)48-94)41-26-19-17-15-13-14-16-18-25-40-92(11,107-89(127)74(45-63-27-21-20-22-28-63)104-90(128)85(61(9)112)106-87(125)73(43-56(3)4)102-62(10)113)83(122)53-99-60(8)80(119)50-101-72(44-64-32-34-66(114)35-33-64)86(124)103-71(46-65-49-100-68-30-24-23-29-67(65)68)81(120)51-98-58(6)77(116)47-78(117)69(109-110-70)37-38-84(95)123/h15,17,20-24,27-30,32-35,49,55-61,69-75,85,96-101,109-112,114H,13-14,16,18-19,25-26,31,36-48,50-54,94H2,1-12H3,(H2,95,123)(H,102,113)(H,103,124)(H,104,128)(H,105,129)(H,106,125)(H,107,127)(H,108,126)/b17-15+/t57-,58-,59-,60-,61+,69-,70-,71-,72-,73-,74-,75-,85-,92+,93-/m0/s1. The van der Waals surface area contributed by atoms with Crippen molar-refractivity contribution in [1.29, 1.82) is 0 Å². The molecular weight excluding hydrogens is 1660 g/mol. The number of aromatic hydroxyl groups is 1. The molecular formula is C93H141N17O19. The number of rotatable bonds is 36. The van der Waals surface area contributed by atoms with Gasteiger partial charge in [-0.2, -0.15) is 0 Å². The van der Waals surface area contributed by atoms with Gasteiger partial charge in [0.1, 0.15) is 35.5 Å². The predicted molar refractivity (Wildman–Crippen MR) is 488 cm³/mol. The lowest BCUT2D eigenvalue weighted by Gasteiger charge is -2.33. The Morgan fingerprint density at radius 3 is 1.86 bits per heavy atom. The Bertz CT molecular complexity index is 4430. The summed E-state index contributed by atoms with van der Waals surface area (Å²) in [5, 5.41) is 66.7. The molecule has 8 amide bonds. The van der Waals surface area contributed by atoms with Gasteiger partial charge in [0, 0.05) is 56.3 Å². The number of hydrogen-bond donors (Lipinski definition) is 20. The van der Waals surface area contributed by atoms with Gasteiger partial charge < -0.3 is 90.3 Å². The van der Waals surface area contributed by atoms with Crippen LogP contribution in [0, 0.1) is 11.8 Å². The Morgan fingerprint density at radius 2 is 1.21 bits per heavy atom. The molecule has 1 aliphatic heterocycles. The Kier molecular flexibility index (Phi) is 46.9. The molecule has 0 bridgehead atoms.